The van der Waals surface area contributed by atoms with Gasteiger partial charge in [0.15, 0.2) is 6.20 Å². The second kappa shape index (κ2) is 2.94. The monoisotopic (exact) mass is 185 g/mol. The molecule has 1 aromatic rings. The maximum Gasteiger partial charge on any atom is 0.286 e. The molecular formula is C9H12ClNO. The molecule has 0 amide bonds. The Kier molecular flexibility index (Phi) is 2.29. The smallest absolute Gasteiger partial charge is 0.286 e. The van der Waals surface area contributed by atoms with E-state index >= 15 is 0 Å². The molecule has 0 unspecified atom stereocenters. The summed E-state index contributed by atoms with van der Waals surface area (Å²) in [7, 11) is 0. The number of pyridine rings is 1. The molecule has 0 aliphatic rings. The van der Waals surface area contributed by atoms with E-state index in [9.17, 15) is 5.21 Å². The molecule has 0 fully saturated rings. The van der Waals surface area contributed by atoms with Crippen molar-refractivity contribution in [3.63, 3.8) is 0 Å². The first-order valence-electron chi connectivity index (χ1n) is 3.80. The van der Waals surface area contributed by atoms with Gasteiger partial charge in [-0.2, -0.15) is 4.73 Å². The number of hydrogen-bond acceptors (Lipinski definition) is 1. The van der Waals surface area contributed by atoms with Gasteiger partial charge < -0.3 is 5.21 Å². The molecule has 1 heterocycles. The average Bonchev–Trinajstić information content (AvgIpc) is 1.92. The summed E-state index contributed by atoms with van der Waals surface area (Å²) in [6.45, 7) is 6.16. The van der Waals surface area contributed by atoms with Gasteiger partial charge in [-0.3, -0.25) is 0 Å². The van der Waals surface area contributed by atoms with Gasteiger partial charge in [-0.25, -0.2) is 0 Å². The van der Waals surface area contributed by atoms with E-state index in [2.05, 4.69) is 20.8 Å². The van der Waals surface area contributed by atoms with E-state index in [1.54, 1.807) is 6.07 Å². The highest BCUT2D eigenvalue weighted by atomic mass is 35.5. The Morgan fingerprint density at radius 2 is 1.92 bits per heavy atom. The zero-order valence-electron chi connectivity index (χ0n) is 7.47. The van der Waals surface area contributed by atoms with Crippen LogP contribution in [0.3, 0.4) is 0 Å². The number of nitrogens with zero attached hydrogens (tertiary/aromatic N) is 1. The van der Waals surface area contributed by atoms with E-state index in [1.165, 1.54) is 6.20 Å². The van der Waals surface area contributed by atoms with Gasteiger partial charge >= 0.3 is 0 Å². The van der Waals surface area contributed by atoms with Gasteiger partial charge in [-0.05, 0) is 23.1 Å². The first-order chi connectivity index (χ1) is 5.41. The lowest BCUT2D eigenvalue weighted by molar-refractivity contribution is -0.603. The molecule has 0 atom stereocenters. The van der Waals surface area contributed by atoms with Crippen molar-refractivity contribution in [2.75, 3.05) is 0 Å². The SMILES string of the molecule is CC(C)(C)c1ccc(Cl)[n+]([O-])c1. The van der Waals surface area contributed by atoms with Gasteiger partial charge in [0, 0.05) is 11.6 Å². The van der Waals surface area contributed by atoms with E-state index in [4.69, 9.17) is 11.6 Å². The second-order valence-corrected chi connectivity index (χ2v) is 4.20. The fourth-order valence-electron chi connectivity index (χ4n) is 0.907. The Balaban J connectivity index is 3.14. The zero-order valence-corrected chi connectivity index (χ0v) is 8.22. The summed E-state index contributed by atoms with van der Waals surface area (Å²) in [5.41, 5.74) is 0.985. The van der Waals surface area contributed by atoms with Gasteiger partial charge in [-0.15, -0.1) is 0 Å². The van der Waals surface area contributed by atoms with Crippen LogP contribution in [-0.2, 0) is 5.41 Å². The minimum Gasteiger partial charge on any atom is -0.618 e. The Bertz CT molecular complexity index is 291. The molecule has 0 spiro atoms. The lowest BCUT2D eigenvalue weighted by Crippen LogP contribution is -2.29. The Morgan fingerprint density at radius 3 is 2.33 bits per heavy atom. The predicted molar refractivity (Wildman–Crippen MR) is 49.1 cm³/mol. The van der Waals surface area contributed by atoms with E-state index in [0.717, 1.165) is 5.56 Å². The third-order valence-electron chi connectivity index (χ3n) is 1.73. The summed E-state index contributed by atoms with van der Waals surface area (Å²) in [4.78, 5) is 0. The molecule has 0 N–H and O–H groups in total. The number of halogens is 1. The predicted octanol–water partition coefficient (Wildman–Crippen LogP) is 2.27. The number of aromatic nitrogens is 1. The van der Waals surface area contributed by atoms with Gasteiger partial charge in [0.2, 0.25) is 0 Å². The van der Waals surface area contributed by atoms with Crippen LogP contribution in [0.4, 0.5) is 0 Å². The average molecular weight is 186 g/mol. The summed E-state index contributed by atoms with van der Waals surface area (Å²) in [5, 5.41) is 11.3. The van der Waals surface area contributed by atoms with Crippen LogP contribution in [0.15, 0.2) is 18.3 Å². The van der Waals surface area contributed by atoms with Crippen molar-refractivity contribution in [3.05, 3.63) is 34.3 Å². The van der Waals surface area contributed by atoms with E-state index < -0.39 is 0 Å². The molecule has 12 heavy (non-hydrogen) atoms. The zero-order chi connectivity index (χ0) is 9.35. The van der Waals surface area contributed by atoms with Crippen molar-refractivity contribution in [3.8, 4) is 0 Å². The minimum absolute atomic E-state index is 0.00323. The molecule has 1 aromatic heterocycles. The first-order valence-corrected chi connectivity index (χ1v) is 4.18. The van der Waals surface area contributed by atoms with Crippen LogP contribution in [-0.4, -0.2) is 0 Å². The molecule has 0 saturated carbocycles. The largest absolute Gasteiger partial charge is 0.618 e. The Morgan fingerprint density at radius 1 is 1.33 bits per heavy atom. The molecule has 0 saturated heterocycles. The van der Waals surface area contributed by atoms with Crippen LogP contribution in [0.2, 0.25) is 5.15 Å². The number of hydrogen-bond donors (Lipinski definition) is 0. The maximum atomic E-state index is 11.1. The van der Waals surface area contributed by atoms with Crippen LogP contribution < -0.4 is 4.73 Å². The highest BCUT2D eigenvalue weighted by molar-refractivity contribution is 6.28. The Hall–Kier alpha value is -0.760. The molecule has 2 nitrogen and oxygen atoms in total. The third kappa shape index (κ3) is 1.89. The lowest BCUT2D eigenvalue weighted by atomic mass is 9.88. The maximum absolute atomic E-state index is 11.1. The second-order valence-electron chi connectivity index (χ2n) is 3.82. The van der Waals surface area contributed by atoms with E-state index in [1.807, 2.05) is 6.07 Å². The summed E-state index contributed by atoms with van der Waals surface area (Å²) in [5.74, 6) is 0. The molecule has 66 valence electrons. The molecule has 0 aliphatic heterocycles. The van der Waals surface area contributed by atoms with Crippen molar-refractivity contribution < 1.29 is 4.73 Å². The van der Waals surface area contributed by atoms with Crippen LogP contribution in [0, 0.1) is 5.21 Å². The summed E-state index contributed by atoms with van der Waals surface area (Å²) >= 11 is 5.58. The van der Waals surface area contributed by atoms with Gasteiger partial charge in [0.05, 0.1) is 0 Å². The Labute approximate surface area is 77.4 Å². The topological polar surface area (TPSA) is 26.9 Å². The van der Waals surface area contributed by atoms with Crippen LogP contribution in [0.25, 0.3) is 0 Å². The molecule has 0 radical (unpaired) electrons. The van der Waals surface area contributed by atoms with E-state index in [0.29, 0.717) is 4.73 Å². The van der Waals surface area contributed by atoms with Gasteiger partial charge in [-0.1, -0.05) is 20.8 Å². The van der Waals surface area contributed by atoms with Crippen molar-refractivity contribution in [1.29, 1.82) is 0 Å². The third-order valence-corrected chi connectivity index (χ3v) is 2.03. The van der Waals surface area contributed by atoms with Crippen molar-refractivity contribution in [2.24, 2.45) is 0 Å². The summed E-state index contributed by atoms with van der Waals surface area (Å²) in [6, 6.07) is 3.49. The number of rotatable bonds is 0. The summed E-state index contributed by atoms with van der Waals surface area (Å²) in [6.07, 6.45) is 1.52. The van der Waals surface area contributed by atoms with E-state index in [-0.39, 0.29) is 10.6 Å². The fourth-order valence-corrected chi connectivity index (χ4v) is 1.02. The lowest BCUT2D eigenvalue weighted by Gasteiger charge is -2.17. The molecule has 0 bridgehead atoms. The van der Waals surface area contributed by atoms with Crippen molar-refractivity contribution in [2.45, 2.75) is 26.2 Å². The minimum atomic E-state index is -0.00323. The molecule has 3 heteroatoms. The molecule has 0 aromatic carbocycles. The normalized spacial score (nSPS) is 11.7. The van der Waals surface area contributed by atoms with Crippen LogP contribution in [0.1, 0.15) is 26.3 Å². The molecular weight excluding hydrogens is 174 g/mol. The van der Waals surface area contributed by atoms with Crippen molar-refractivity contribution in [1.82, 2.24) is 0 Å². The summed E-state index contributed by atoms with van der Waals surface area (Å²) < 4.78 is 0.683. The molecule has 1 rings (SSSR count). The standard InChI is InChI=1S/C9H12ClNO/c1-9(2,3)7-4-5-8(10)11(12)6-7/h4-6H,1-3H3. The van der Waals surface area contributed by atoms with Gasteiger partial charge in [0.1, 0.15) is 0 Å². The van der Waals surface area contributed by atoms with Crippen LogP contribution >= 0.6 is 11.6 Å². The highest BCUT2D eigenvalue weighted by Gasteiger charge is 2.17. The van der Waals surface area contributed by atoms with Crippen LogP contribution in [0.5, 0.6) is 0 Å². The fraction of sp³-hybridized carbons (Fsp3) is 0.444. The molecule has 0 aliphatic carbocycles. The highest BCUT2D eigenvalue weighted by Crippen LogP contribution is 2.20. The quantitative estimate of drug-likeness (QED) is 0.346. The van der Waals surface area contributed by atoms with Gasteiger partial charge in [0.25, 0.3) is 5.15 Å². The van der Waals surface area contributed by atoms with Crippen molar-refractivity contribution >= 4 is 11.6 Å². The first kappa shape index (κ1) is 9.33.